The van der Waals surface area contributed by atoms with Crippen LogP contribution in [0.2, 0.25) is 5.02 Å². The lowest BCUT2D eigenvalue weighted by Crippen LogP contribution is -2.35. The molecular formula is C16H26ClN3O. The Morgan fingerprint density at radius 2 is 2.19 bits per heavy atom. The molecule has 5 heteroatoms. The highest BCUT2D eigenvalue weighted by molar-refractivity contribution is 6.33. The third-order valence-corrected chi connectivity index (χ3v) is 4.89. The number of nitrogens with zero attached hydrogens (tertiary/aromatic N) is 3. The lowest BCUT2D eigenvalue weighted by molar-refractivity contribution is 0.0685. The van der Waals surface area contributed by atoms with Gasteiger partial charge in [0, 0.05) is 12.5 Å². The maximum absolute atomic E-state index is 13.0. The summed E-state index contributed by atoms with van der Waals surface area (Å²) in [6.07, 6.45) is 6.00. The molecule has 0 N–H and O–H groups in total. The Bertz CT molecular complexity index is 508. The zero-order valence-corrected chi connectivity index (χ0v) is 14.3. The van der Waals surface area contributed by atoms with Crippen molar-refractivity contribution in [3.05, 3.63) is 16.9 Å². The third-order valence-electron chi connectivity index (χ3n) is 4.61. The van der Waals surface area contributed by atoms with Crippen molar-refractivity contribution < 1.29 is 4.79 Å². The van der Waals surface area contributed by atoms with E-state index in [2.05, 4.69) is 23.8 Å². The lowest BCUT2D eigenvalue weighted by Gasteiger charge is -2.37. The zero-order valence-electron chi connectivity index (χ0n) is 13.5. The number of rotatable bonds is 5. The van der Waals surface area contributed by atoms with Crippen LogP contribution in [0.25, 0.3) is 0 Å². The van der Waals surface area contributed by atoms with Gasteiger partial charge in [-0.2, -0.15) is 5.10 Å². The van der Waals surface area contributed by atoms with Crippen LogP contribution in [-0.4, -0.2) is 41.1 Å². The number of carbonyl (C=O) groups is 1. The summed E-state index contributed by atoms with van der Waals surface area (Å²) in [6.45, 7) is 5.92. The van der Waals surface area contributed by atoms with Crippen LogP contribution in [0.1, 0.15) is 50.0 Å². The van der Waals surface area contributed by atoms with Crippen LogP contribution >= 0.6 is 11.6 Å². The molecule has 2 rings (SSSR count). The van der Waals surface area contributed by atoms with E-state index in [1.165, 1.54) is 6.42 Å². The highest BCUT2D eigenvalue weighted by Crippen LogP contribution is 2.42. The predicted molar refractivity (Wildman–Crippen MR) is 85.9 cm³/mol. The summed E-state index contributed by atoms with van der Waals surface area (Å²) in [6, 6.07) is 0. The van der Waals surface area contributed by atoms with Crippen molar-refractivity contribution in [3.8, 4) is 0 Å². The van der Waals surface area contributed by atoms with Crippen molar-refractivity contribution in [2.45, 2.75) is 46.1 Å². The summed E-state index contributed by atoms with van der Waals surface area (Å²) < 4.78 is 1.77. The maximum Gasteiger partial charge on any atom is 0.185 e. The predicted octanol–water partition coefficient (Wildman–Crippen LogP) is 3.50. The van der Waals surface area contributed by atoms with Crippen LogP contribution in [-0.2, 0) is 6.54 Å². The maximum atomic E-state index is 13.0. The van der Waals surface area contributed by atoms with E-state index in [0.29, 0.717) is 17.3 Å². The molecule has 1 aliphatic rings. The normalized spacial score (nSPS) is 21.7. The highest BCUT2D eigenvalue weighted by Gasteiger charge is 2.39. The van der Waals surface area contributed by atoms with E-state index in [0.717, 1.165) is 25.8 Å². The minimum absolute atomic E-state index is 0.0509. The second-order valence-corrected chi connectivity index (χ2v) is 7.43. The summed E-state index contributed by atoms with van der Waals surface area (Å²) in [4.78, 5) is 15.1. The molecule has 0 saturated heterocycles. The number of halogens is 1. The fourth-order valence-electron chi connectivity index (χ4n) is 3.22. The van der Waals surface area contributed by atoms with E-state index in [-0.39, 0.29) is 17.1 Å². The van der Waals surface area contributed by atoms with E-state index in [1.807, 2.05) is 14.1 Å². The molecule has 0 bridgehead atoms. The molecule has 118 valence electrons. The zero-order chi connectivity index (χ0) is 15.6. The van der Waals surface area contributed by atoms with E-state index in [1.54, 1.807) is 10.9 Å². The van der Waals surface area contributed by atoms with E-state index in [4.69, 9.17) is 11.6 Å². The molecule has 1 atom stereocenters. The molecule has 21 heavy (non-hydrogen) atoms. The largest absolute Gasteiger partial charge is 0.308 e. The molecule has 1 aromatic rings. The van der Waals surface area contributed by atoms with Gasteiger partial charge in [-0.15, -0.1) is 0 Å². The first kappa shape index (κ1) is 16.5. The van der Waals surface area contributed by atoms with Gasteiger partial charge in [-0.3, -0.25) is 9.48 Å². The van der Waals surface area contributed by atoms with Crippen molar-refractivity contribution in [3.63, 3.8) is 0 Å². The molecule has 0 aliphatic heterocycles. The van der Waals surface area contributed by atoms with E-state index in [9.17, 15) is 4.79 Å². The number of Topliss-reactive ketones (excluding diaryl/α,β-unsaturated/α-hetero) is 1. The van der Waals surface area contributed by atoms with Gasteiger partial charge in [0.15, 0.2) is 5.78 Å². The molecule has 0 aromatic carbocycles. The van der Waals surface area contributed by atoms with Crippen molar-refractivity contribution in [2.24, 2.45) is 11.3 Å². The Morgan fingerprint density at radius 1 is 1.48 bits per heavy atom. The summed E-state index contributed by atoms with van der Waals surface area (Å²) >= 11 is 6.25. The summed E-state index contributed by atoms with van der Waals surface area (Å²) in [5.41, 5.74) is 0.647. The van der Waals surface area contributed by atoms with Crippen molar-refractivity contribution in [1.82, 2.24) is 14.7 Å². The van der Waals surface area contributed by atoms with Crippen LogP contribution < -0.4 is 0 Å². The average molecular weight is 312 g/mol. The molecule has 1 aromatic heterocycles. The first-order chi connectivity index (χ1) is 9.83. The standard InChI is InChI=1S/C16H26ClN3O/c1-16(2)8-6-5-7-12(16)15(21)14-13(17)11-18-20(14)10-9-19(3)4/h11-12H,5-10H2,1-4H3. The second-order valence-electron chi connectivity index (χ2n) is 7.02. The van der Waals surface area contributed by atoms with Gasteiger partial charge in [-0.25, -0.2) is 0 Å². The summed E-state index contributed by atoms with van der Waals surface area (Å²) in [5.74, 6) is 0.222. The second kappa shape index (κ2) is 6.49. The lowest BCUT2D eigenvalue weighted by atomic mass is 9.67. The van der Waals surface area contributed by atoms with Gasteiger partial charge >= 0.3 is 0 Å². The number of likely N-dealkylation sites (N-methyl/N-ethyl adjacent to an activating group) is 1. The van der Waals surface area contributed by atoms with Crippen LogP contribution in [0.3, 0.4) is 0 Å². The molecule has 0 radical (unpaired) electrons. The van der Waals surface area contributed by atoms with Crippen molar-refractivity contribution in [1.29, 1.82) is 0 Å². The minimum Gasteiger partial charge on any atom is -0.308 e. The average Bonchev–Trinajstić information content (AvgIpc) is 2.76. The van der Waals surface area contributed by atoms with Gasteiger partial charge in [-0.05, 0) is 32.4 Å². The number of hydrogen-bond acceptors (Lipinski definition) is 3. The Morgan fingerprint density at radius 3 is 2.81 bits per heavy atom. The molecule has 0 amide bonds. The monoisotopic (exact) mass is 311 g/mol. The third kappa shape index (κ3) is 3.67. The fourth-order valence-corrected chi connectivity index (χ4v) is 3.45. The highest BCUT2D eigenvalue weighted by atomic mass is 35.5. The molecular weight excluding hydrogens is 286 g/mol. The summed E-state index contributed by atoms with van der Waals surface area (Å²) in [7, 11) is 4.02. The van der Waals surface area contributed by atoms with Gasteiger partial charge in [0.2, 0.25) is 0 Å². The SMILES string of the molecule is CN(C)CCn1ncc(Cl)c1C(=O)C1CCCCC1(C)C. The van der Waals surface area contributed by atoms with Gasteiger partial charge in [0.25, 0.3) is 0 Å². The Kier molecular flexibility index (Phi) is 5.10. The molecule has 1 heterocycles. The molecule has 1 saturated carbocycles. The summed E-state index contributed by atoms with van der Waals surface area (Å²) in [5, 5.41) is 4.77. The smallest absolute Gasteiger partial charge is 0.185 e. The quantitative estimate of drug-likeness (QED) is 0.781. The van der Waals surface area contributed by atoms with Crippen LogP contribution in [0, 0.1) is 11.3 Å². The molecule has 0 spiro atoms. The first-order valence-corrected chi connectivity index (χ1v) is 8.11. The topological polar surface area (TPSA) is 38.1 Å². The Balaban J connectivity index is 2.24. The van der Waals surface area contributed by atoms with Crippen molar-refractivity contribution >= 4 is 17.4 Å². The van der Waals surface area contributed by atoms with Gasteiger partial charge in [-0.1, -0.05) is 38.3 Å². The van der Waals surface area contributed by atoms with Crippen LogP contribution in [0.4, 0.5) is 0 Å². The molecule has 1 unspecified atom stereocenters. The first-order valence-electron chi connectivity index (χ1n) is 7.73. The van der Waals surface area contributed by atoms with Crippen LogP contribution in [0.5, 0.6) is 0 Å². The van der Waals surface area contributed by atoms with Crippen LogP contribution in [0.15, 0.2) is 6.20 Å². The van der Waals surface area contributed by atoms with Gasteiger partial charge in [0.1, 0.15) is 5.69 Å². The van der Waals surface area contributed by atoms with Crippen molar-refractivity contribution in [2.75, 3.05) is 20.6 Å². The Hall–Kier alpha value is -0.870. The number of carbonyl (C=O) groups excluding carboxylic acids is 1. The number of aromatic nitrogens is 2. The number of hydrogen-bond donors (Lipinski definition) is 0. The van der Waals surface area contributed by atoms with E-state index < -0.39 is 0 Å². The number of ketones is 1. The van der Waals surface area contributed by atoms with Gasteiger partial charge in [0.05, 0.1) is 17.8 Å². The van der Waals surface area contributed by atoms with E-state index >= 15 is 0 Å². The minimum atomic E-state index is 0.0509. The van der Waals surface area contributed by atoms with Gasteiger partial charge < -0.3 is 4.90 Å². The molecule has 1 fully saturated rings. The molecule has 4 nitrogen and oxygen atoms in total. The fraction of sp³-hybridized carbons (Fsp3) is 0.750. The molecule has 1 aliphatic carbocycles. The Labute approximate surface area is 132 Å².